The summed E-state index contributed by atoms with van der Waals surface area (Å²) < 4.78 is 0. The Morgan fingerprint density at radius 2 is 1.57 bits per heavy atom. The van der Waals surface area contributed by atoms with Gasteiger partial charge < -0.3 is 10.6 Å². The van der Waals surface area contributed by atoms with Crippen LogP contribution in [0.1, 0.15) is 33.0 Å². The van der Waals surface area contributed by atoms with Gasteiger partial charge in [0.25, 0.3) is 0 Å². The summed E-state index contributed by atoms with van der Waals surface area (Å²) in [5, 5.41) is 16.0. The molecule has 140 valence electrons. The zero-order valence-corrected chi connectivity index (χ0v) is 17.2. The molecule has 0 saturated heterocycles. The first-order valence-electron chi connectivity index (χ1n) is 8.73. The molecule has 0 aliphatic rings. The van der Waals surface area contributed by atoms with Gasteiger partial charge in [-0.05, 0) is 42.8 Å². The van der Waals surface area contributed by atoms with Crippen molar-refractivity contribution < 1.29 is 4.79 Å². The molecule has 2 N–H and O–H groups in total. The molecule has 0 fully saturated rings. The molecular formula is C22H19N3OS2. The Hall–Kier alpha value is -3.01. The molecular weight excluding hydrogens is 386 g/mol. The number of rotatable bonds is 4. The van der Waals surface area contributed by atoms with Crippen LogP contribution in [0.15, 0.2) is 60.7 Å². The summed E-state index contributed by atoms with van der Waals surface area (Å²) in [7, 11) is 0. The average Bonchev–Trinajstić information content (AvgIpc) is 2.96. The van der Waals surface area contributed by atoms with E-state index in [1.807, 2.05) is 74.5 Å². The smallest absolute Gasteiger partial charge is 0.238 e. The van der Waals surface area contributed by atoms with E-state index >= 15 is 0 Å². The van der Waals surface area contributed by atoms with Crippen molar-refractivity contribution in [3.63, 3.8) is 0 Å². The van der Waals surface area contributed by atoms with Gasteiger partial charge in [0, 0.05) is 4.88 Å². The predicted octanol–water partition coefficient (Wildman–Crippen LogP) is 4.88. The number of anilines is 1. The van der Waals surface area contributed by atoms with Crippen LogP contribution in [-0.4, -0.2) is 11.0 Å². The minimum absolute atomic E-state index is 0.180. The van der Waals surface area contributed by atoms with Gasteiger partial charge in [-0.25, -0.2) is 0 Å². The number of hydrogen-bond acceptors (Lipinski definition) is 4. The van der Waals surface area contributed by atoms with Crippen LogP contribution in [0, 0.1) is 25.2 Å². The summed E-state index contributed by atoms with van der Waals surface area (Å²) in [5.41, 5.74) is 3.25. The number of thiophene rings is 1. The first kappa shape index (κ1) is 19.7. The van der Waals surface area contributed by atoms with Gasteiger partial charge in [0.1, 0.15) is 11.1 Å². The Morgan fingerprint density at radius 1 is 1.04 bits per heavy atom. The molecule has 1 amide bonds. The molecule has 0 radical (unpaired) electrons. The van der Waals surface area contributed by atoms with Crippen molar-refractivity contribution in [1.82, 2.24) is 5.32 Å². The standard InChI is InChI=1S/C22H19N3OS2/c1-14-15(2)28-21(18(14)13-23)25-22(27)24-20(26)19(16-9-5-3-6-10-16)17-11-7-4-8-12-17/h3-12,19H,1-2H3,(H2,24,25,26,27). The van der Waals surface area contributed by atoms with Gasteiger partial charge in [-0.2, -0.15) is 5.26 Å². The lowest BCUT2D eigenvalue weighted by atomic mass is 9.90. The van der Waals surface area contributed by atoms with E-state index < -0.39 is 5.92 Å². The van der Waals surface area contributed by atoms with E-state index in [9.17, 15) is 10.1 Å². The molecule has 0 aliphatic carbocycles. The van der Waals surface area contributed by atoms with Gasteiger partial charge in [0.05, 0.1) is 11.5 Å². The van der Waals surface area contributed by atoms with Gasteiger partial charge in [-0.15, -0.1) is 11.3 Å². The molecule has 0 aliphatic heterocycles. The maximum atomic E-state index is 13.1. The number of carbonyl (C=O) groups is 1. The molecule has 6 heteroatoms. The fourth-order valence-corrected chi connectivity index (χ4v) is 4.24. The van der Waals surface area contributed by atoms with Crippen molar-refractivity contribution in [1.29, 1.82) is 5.26 Å². The number of nitrogens with zero attached hydrogens (tertiary/aromatic N) is 1. The van der Waals surface area contributed by atoms with Gasteiger partial charge in [-0.1, -0.05) is 60.7 Å². The Kier molecular flexibility index (Phi) is 6.19. The monoisotopic (exact) mass is 405 g/mol. The Labute approximate surface area is 173 Å². The zero-order chi connectivity index (χ0) is 20.1. The van der Waals surface area contributed by atoms with Crippen molar-refractivity contribution in [2.24, 2.45) is 0 Å². The van der Waals surface area contributed by atoms with Gasteiger partial charge in [0.2, 0.25) is 5.91 Å². The van der Waals surface area contributed by atoms with Crippen LogP contribution < -0.4 is 10.6 Å². The van der Waals surface area contributed by atoms with Crippen molar-refractivity contribution in [3.05, 3.63) is 87.8 Å². The molecule has 3 rings (SSSR count). The molecule has 0 unspecified atom stereocenters. The number of aryl methyl sites for hydroxylation is 1. The van der Waals surface area contributed by atoms with E-state index in [0.29, 0.717) is 10.6 Å². The lowest BCUT2D eigenvalue weighted by Gasteiger charge is -2.18. The molecule has 1 aromatic heterocycles. The van der Waals surface area contributed by atoms with E-state index in [0.717, 1.165) is 21.6 Å². The number of benzene rings is 2. The largest absolute Gasteiger partial charge is 0.323 e. The third kappa shape index (κ3) is 4.28. The number of amides is 1. The van der Waals surface area contributed by atoms with Crippen LogP contribution in [-0.2, 0) is 4.79 Å². The van der Waals surface area contributed by atoms with E-state index in [-0.39, 0.29) is 11.0 Å². The number of nitriles is 1. The molecule has 1 heterocycles. The third-order valence-electron chi connectivity index (χ3n) is 4.49. The first-order valence-corrected chi connectivity index (χ1v) is 9.95. The minimum atomic E-state index is -0.482. The third-order valence-corrected chi connectivity index (χ3v) is 5.82. The second kappa shape index (κ2) is 8.79. The van der Waals surface area contributed by atoms with Gasteiger partial charge >= 0.3 is 0 Å². The summed E-state index contributed by atoms with van der Waals surface area (Å²) in [6, 6.07) is 21.4. The molecule has 0 spiro atoms. The molecule has 3 aromatic rings. The van der Waals surface area contributed by atoms with E-state index in [4.69, 9.17) is 12.2 Å². The van der Waals surface area contributed by atoms with Crippen molar-refractivity contribution in [2.75, 3.05) is 5.32 Å². The SMILES string of the molecule is Cc1sc(NC(=S)NC(=O)C(c2ccccc2)c2ccccc2)c(C#N)c1C. The van der Waals surface area contributed by atoms with Crippen molar-refractivity contribution in [2.45, 2.75) is 19.8 Å². The summed E-state index contributed by atoms with van der Waals surface area (Å²) >= 11 is 6.80. The summed E-state index contributed by atoms with van der Waals surface area (Å²) in [6.07, 6.45) is 0. The second-order valence-corrected chi connectivity index (χ2v) is 7.93. The zero-order valence-electron chi connectivity index (χ0n) is 15.5. The number of hydrogen-bond donors (Lipinski definition) is 2. The summed E-state index contributed by atoms with van der Waals surface area (Å²) in [4.78, 5) is 14.1. The van der Waals surface area contributed by atoms with Crippen LogP contribution in [0.2, 0.25) is 0 Å². The predicted molar refractivity (Wildman–Crippen MR) is 118 cm³/mol. The molecule has 0 atom stereocenters. The molecule has 0 saturated carbocycles. The normalized spacial score (nSPS) is 10.4. The van der Waals surface area contributed by atoms with E-state index in [1.165, 1.54) is 11.3 Å². The maximum absolute atomic E-state index is 13.1. The summed E-state index contributed by atoms with van der Waals surface area (Å²) in [5.74, 6) is -0.706. The average molecular weight is 406 g/mol. The minimum Gasteiger partial charge on any atom is -0.323 e. The number of thiocarbonyl (C=S) groups is 1. The van der Waals surface area contributed by atoms with Crippen molar-refractivity contribution >= 4 is 39.6 Å². The highest BCUT2D eigenvalue weighted by molar-refractivity contribution is 7.80. The molecule has 4 nitrogen and oxygen atoms in total. The van der Waals surface area contributed by atoms with E-state index in [2.05, 4.69) is 16.7 Å². The van der Waals surface area contributed by atoms with Crippen LogP contribution in [0.5, 0.6) is 0 Å². The lowest BCUT2D eigenvalue weighted by molar-refractivity contribution is -0.120. The molecule has 28 heavy (non-hydrogen) atoms. The van der Waals surface area contributed by atoms with E-state index in [1.54, 1.807) is 0 Å². The maximum Gasteiger partial charge on any atom is 0.238 e. The first-order chi connectivity index (χ1) is 13.5. The van der Waals surface area contributed by atoms with Crippen LogP contribution >= 0.6 is 23.6 Å². The highest BCUT2D eigenvalue weighted by Crippen LogP contribution is 2.31. The molecule has 0 bridgehead atoms. The molecule has 2 aromatic carbocycles. The van der Waals surface area contributed by atoms with Crippen LogP contribution in [0.4, 0.5) is 5.00 Å². The summed E-state index contributed by atoms with van der Waals surface area (Å²) in [6.45, 7) is 3.85. The lowest BCUT2D eigenvalue weighted by Crippen LogP contribution is -2.37. The van der Waals surface area contributed by atoms with Gasteiger partial charge in [0.15, 0.2) is 5.11 Å². The number of nitrogens with one attached hydrogen (secondary N) is 2. The number of carbonyl (C=O) groups excluding carboxylic acids is 1. The Bertz CT molecular complexity index is 997. The second-order valence-electron chi connectivity index (χ2n) is 6.30. The van der Waals surface area contributed by atoms with Crippen molar-refractivity contribution in [3.8, 4) is 6.07 Å². The fourth-order valence-electron chi connectivity index (χ4n) is 2.95. The van der Waals surface area contributed by atoms with Crippen LogP contribution in [0.3, 0.4) is 0 Å². The van der Waals surface area contributed by atoms with Crippen LogP contribution in [0.25, 0.3) is 0 Å². The topological polar surface area (TPSA) is 64.9 Å². The Balaban J connectivity index is 1.82. The quantitative estimate of drug-likeness (QED) is 0.607. The van der Waals surface area contributed by atoms with Gasteiger partial charge in [-0.3, -0.25) is 4.79 Å². The highest BCUT2D eigenvalue weighted by atomic mass is 32.1. The highest BCUT2D eigenvalue weighted by Gasteiger charge is 2.24. The Morgan fingerprint density at radius 3 is 2.07 bits per heavy atom. The fraction of sp³-hybridized carbons (Fsp3) is 0.136.